The highest BCUT2D eigenvalue weighted by Gasteiger charge is 2.12. The molecule has 0 saturated carbocycles. The molecule has 0 aliphatic heterocycles. The Morgan fingerprint density at radius 1 is 0.556 bits per heavy atom. The Morgan fingerprint density at radius 2 is 1.11 bits per heavy atom. The summed E-state index contributed by atoms with van der Waals surface area (Å²) in [4.78, 5) is 2.22. The average molecular weight is 348 g/mol. The molecule has 0 radical (unpaired) electrons. The summed E-state index contributed by atoms with van der Waals surface area (Å²) >= 11 is 0. The molecule has 4 aromatic carbocycles. The number of benzene rings is 4. The van der Waals surface area contributed by atoms with Crippen molar-refractivity contribution < 1.29 is 0 Å². The van der Waals surface area contributed by atoms with Crippen molar-refractivity contribution in [3.8, 4) is 5.69 Å². The van der Waals surface area contributed by atoms with Crippen LogP contribution in [0.25, 0.3) is 27.5 Å². The molecule has 2 heteroatoms. The Labute approximate surface area is 158 Å². The largest absolute Gasteiger partial charge is 0.345 e. The second kappa shape index (κ2) is 6.33. The maximum atomic E-state index is 2.35. The minimum Gasteiger partial charge on any atom is -0.345 e. The Bertz CT molecular complexity index is 1180. The third kappa shape index (κ3) is 2.58. The highest BCUT2D eigenvalue weighted by Crippen LogP contribution is 2.33. The van der Waals surface area contributed by atoms with Gasteiger partial charge in [-0.2, -0.15) is 0 Å². The van der Waals surface area contributed by atoms with Crippen LogP contribution in [-0.4, -0.2) is 11.6 Å². The summed E-state index contributed by atoms with van der Waals surface area (Å²) in [5, 5.41) is 2.57. The van der Waals surface area contributed by atoms with E-state index in [-0.39, 0.29) is 0 Å². The van der Waals surface area contributed by atoms with Crippen molar-refractivity contribution >= 4 is 33.2 Å². The van der Waals surface area contributed by atoms with Crippen molar-refractivity contribution in [2.24, 2.45) is 0 Å². The number of fused-ring (bicyclic) bond motifs is 3. The SMILES string of the molecule is CN(c1ccccc1)c1cccc(-n2c3ccccc3c3ccccc32)c1. The zero-order chi connectivity index (χ0) is 18.2. The second-order valence-electron chi connectivity index (χ2n) is 6.78. The lowest BCUT2D eigenvalue weighted by Gasteiger charge is -2.20. The number of hydrogen-bond acceptors (Lipinski definition) is 1. The number of para-hydroxylation sites is 3. The molecule has 0 N–H and O–H groups in total. The molecule has 0 amide bonds. The van der Waals surface area contributed by atoms with Gasteiger partial charge in [-0.25, -0.2) is 0 Å². The lowest BCUT2D eigenvalue weighted by Crippen LogP contribution is -2.09. The fraction of sp³-hybridized carbons (Fsp3) is 0.0400. The molecule has 27 heavy (non-hydrogen) atoms. The van der Waals surface area contributed by atoms with Gasteiger partial charge in [0.05, 0.1) is 11.0 Å². The maximum absolute atomic E-state index is 2.35. The van der Waals surface area contributed by atoms with Crippen LogP contribution in [0.4, 0.5) is 11.4 Å². The van der Waals surface area contributed by atoms with Crippen LogP contribution < -0.4 is 4.90 Å². The molecule has 0 atom stereocenters. The highest BCUT2D eigenvalue weighted by molar-refractivity contribution is 6.09. The van der Waals surface area contributed by atoms with Gasteiger partial charge in [0.15, 0.2) is 0 Å². The van der Waals surface area contributed by atoms with Gasteiger partial charge in [-0.05, 0) is 42.5 Å². The van der Waals surface area contributed by atoms with Crippen molar-refractivity contribution in [2.45, 2.75) is 0 Å². The van der Waals surface area contributed by atoms with Crippen molar-refractivity contribution in [1.82, 2.24) is 4.57 Å². The van der Waals surface area contributed by atoms with E-state index < -0.39 is 0 Å². The number of anilines is 2. The molecule has 0 saturated heterocycles. The van der Waals surface area contributed by atoms with E-state index in [0.29, 0.717) is 0 Å². The van der Waals surface area contributed by atoms with Gasteiger partial charge in [-0.15, -0.1) is 0 Å². The normalized spacial score (nSPS) is 11.1. The fourth-order valence-electron chi connectivity index (χ4n) is 3.84. The standard InChI is InChI=1S/C25H20N2/c1-26(19-10-3-2-4-11-19)20-12-9-13-21(18-20)27-24-16-7-5-14-22(24)23-15-6-8-17-25(23)27/h2-18H,1H3. The van der Waals surface area contributed by atoms with Gasteiger partial charge < -0.3 is 9.47 Å². The first kappa shape index (κ1) is 15.7. The molecule has 1 heterocycles. The van der Waals surface area contributed by atoms with E-state index in [1.54, 1.807) is 0 Å². The van der Waals surface area contributed by atoms with Crippen molar-refractivity contribution in [2.75, 3.05) is 11.9 Å². The summed E-state index contributed by atoms with van der Waals surface area (Å²) in [5.41, 5.74) is 5.99. The zero-order valence-electron chi connectivity index (χ0n) is 15.2. The molecule has 5 aromatic rings. The van der Waals surface area contributed by atoms with Crippen LogP contribution in [0.3, 0.4) is 0 Å². The van der Waals surface area contributed by atoms with Crippen molar-refractivity contribution in [3.63, 3.8) is 0 Å². The Kier molecular flexibility index (Phi) is 3.68. The summed E-state index contributed by atoms with van der Waals surface area (Å²) in [6.45, 7) is 0. The zero-order valence-corrected chi connectivity index (χ0v) is 15.2. The van der Waals surface area contributed by atoms with Gasteiger partial charge in [-0.3, -0.25) is 0 Å². The van der Waals surface area contributed by atoms with Crippen LogP contribution in [-0.2, 0) is 0 Å². The molecule has 1 aromatic heterocycles. The van der Waals surface area contributed by atoms with Crippen LogP contribution in [0.1, 0.15) is 0 Å². The maximum Gasteiger partial charge on any atom is 0.0541 e. The molecule has 0 fully saturated rings. The molecule has 0 aliphatic carbocycles. The van der Waals surface area contributed by atoms with E-state index in [9.17, 15) is 0 Å². The molecule has 0 unspecified atom stereocenters. The van der Waals surface area contributed by atoms with Gasteiger partial charge in [-0.1, -0.05) is 60.7 Å². The van der Waals surface area contributed by atoms with Crippen LogP contribution in [0.15, 0.2) is 103 Å². The highest BCUT2D eigenvalue weighted by atomic mass is 15.1. The Hall–Kier alpha value is -3.52. The third-order valence-corrected chi connectivity index (χ3v) is 5.20. The first-order valence-corrected chi connectivity index (χ1v) is 9.20. The van der Waals surface area contributed by atoms with Crippen molar-refractivity contribution in [1.29, 1.82) is 0 Å². The summed E-state index contributed by atoms with van der Waals surface area (Å²) < 4.78 is 2.35. The second-order valence-corrected chi connectivity index (χ2v) is 6.78. The number of rotatable bonds is 3. The van der Waals surface area contributed by atoms with E-state index in [4.69, 9.17) is 0 Å². The fourth-order valence-corrected chi connectivity index (χ4v) is 3.84. The number of aromatic nitrogens is 1. The predicted molar refractivity (Wildman–Crippen MR) is 115 cm³/mol. The van der Waals surface area contributed by atoms with Gasteiger partial charge in [0.2, 0.25) is 0 Å². The summed E-state index contributed by atoms with van der Waals surface area (Å²) in [5.74, 6) is 0. The molecule has 2 nitrogen and oxygen atoms in total. The summed E-state index contributed by atoms with van der Waals surface area (Å²) in [6, 6.07) is 36.4. The predicted octanol–water partition coefficient (Wildman–Crippen LogP) is 6.55. The smallest absolute Gasteiger partial charge is 0.0541 e. The van der Waals surface area contributed by atoms with E-state index in [1.807, 2.05) is 6.07 Å². The van der Waals surface area contributed by atoms with Gasteiger partial charge >= 0.3 is 0 Å². The quantitative estimate of drug-likeness (QED) is 0.359. The lowest BCUT2D eigenvalue weighted by atomic mass is 10.2. The van der Waals surface area contributed by atoms with E-state index >= 15 is 0 Å². The van der Waals surface area contributed by atoms with Gasteiger partial charge in [0, 0.05) is 34.9 Å². The molecule has 5 rings (SSSR count). The average Bonchev–Trinajstić information content (AvgIpc) is 3.08. The Balaban J connectivity index is 1.72. The van der Waals surface area contributed by atoms with E-state index in [0.717, 1.165) is 0 Å². The van der Waals surface area contributed by atoms with Gasteiger partial charge in [0.25, 0.3) is 0 Å². The summed E-state index contributed by atoms with van der Waals surface area (Å²) in [7, 11) is 2.11. The number of nitrogens with zero attached hydrogens (tertiary/aromatic N) is 2. The van der Waals surface area contributed by atoms with E-state index in [1.165, 1.54) is 38.9 Å². The van der Waals surface area contributed by atoms with E-state index in [2.05, 4.69) is 114 Å². The van der Waals surface area contributed by atoms with Gasteiger partial charge in [0.1, 0.15) is 0 Å². The first-order valence-electron chi connectivity index (χ1n) is 9.20. The lowest BCUT2D eigenvalue weighted by molar-refractivity contribution is 1.15. The summed E-state index contributed by atoms with van der Waals surface area (Å²) in [6.07, 6.45) is 0. The minimum atomic E-state index is 1.17. The Morgan fingerprint density at radius 3 is 1.78 bits per heavy atom. The molecule has 130 valence electrons. The molecule has 0 bridgehead atoms. The van der Waals surface area contributed by atoms with Crippen LogP contribution >= 0.6 is 0 Å². The molecule has 0 spiro atoms. The molecule has 0 aliphatic rings. The number of hydrogen-bond donors (Lipinski definition) is 0. The first-order chi connectivity index (χ1) is 13.3. The topological polar surface area (TPSA) is 8.17 Å². The van der Waals surface area contributed by atoms with Crippen LogP contribution in [0.5, 0.6) is 0 Å². The molecular formula is C25H20N2. The van der Waals surface area contributed by atoms with Crippen LogP contribution in [0.2, 0.25) is 0 Å². The molecular weight excluding hydrogens is 328 g/mol. The minimum absolute atomic E-state index is 1.17. The van der Waals surface area contributed by atoms with Crippen molar-refractivity contribution in [3.05, 3.63) is 103 Å². The van der Waals surface area contributed by atoms with Crippen LogP contribution in [0, 0.1) is 0 Å². The third-order valence-electron chi connectivity index (χ3n) is 5.20. The monoisotopic (exact) mass is 348 g/mol.